The molecule has 0 radical (unpaired) electrons. The van der Waals surface area contributed by atoms with Gasteiger partial charge >= 0.3 is 7.12 Å². The van der Waals surface area contributed by atoms with E-state index >= 15 is 0 Å². The molecule has 0 aliphatic rings. The van der Waals surface area contributed by atoms with Gasteiger partial charge in [-0.05, 0) is 29.9 Å². The summed E-state index contributed by atoms with van der Waals surface area (Å²) in [6, 6.07) is 1.92. The molecule has 0 aromatic carbocycles. The Bertz CT molecular complexity index is 545. The van der Waals surface area contributed by atoms with E-state index < -0.39 is 38.8 Å². The van der Waals surface area contributed by atoms with Crippen molar-refractivity contribution in [1.29, 1.82) is 0 Å². The maximum absolute atomic E-state index is 9.10. The zero-order chi connectivity index (χ0) is 17.6. The lowest BCUT2D eigenvalue weighted by Gasteiger charge is -2.08. The summed E-state index contributed by atoms with van der Waals surface area (Å²) in [5.41, 5.74) is -0.952. The van der Waals surface area contributed by atoms with Crippen molar-refractivity contribution in [2.24, 2.45) is 0 Å². The van der Waals surface area contributed by atoms with Crippen LogP contribution in [-0.2, 0) is 0 Å². The molecule has 4 heteroatoms. The number of pyridine rings is 1. The zero-order valence-electron chi connectivity index (χ0n) is 15.7. The van der Waals surface area contributed by atoms with Gasteiger partial charge in [0.2, 0.25) is 0 Å². The Labute approximate surface area is 91.2 Å². The number of hydrogen-bond donors (Lipinski definition) is 2. The maximum Gasteiger partial charge on any atom is 0.488 e. The Hall–Kier alpha value is -0.865. The molecule has 1 rings (SSSR count). The third-order valence-electron chi connectivity index (χ3n) is 1.46. The van der Waals surface area contributed by atoms with Crippen molar-refractivity contribution in [3.05, 3.63) is 24.0 Å². The molecule has 0 spiro atoms. The standard InChI is InChI=1S/C9H14BNO2/c1-3-7(2)9-6-8(10(12)13)4-5-11-9/h4-7,12-13H,3H2,1-2H3/i1D3,2D3,3D2,7D. The highest BCUT2D eigenvalue weighted by molar-refractivity contribution is 6.58. The number of rotatable bonds is 3. The van der Waals surface area contributed by atoms with Crippen molar-refractivity contribution >= 4 is 12.6 Å². The van der Waals surface area contributed by atoms with Gasteiger partial charge in [-0.25, -0.2) is 0 Å². The van der Waals surface area contributed by atoms with Gasteiger partial charge in [0.05, 0.1) is 0 Å². The Morgan fingerprint density at radius 2 is 2.69 bits per heavy atom. The fourth-order valence-electron chi connectivity index (χ4n) is 0.808. The van der Waals surface area contributed by atoms with Gasteiger partial charge in [0.15, 0.2) is 0 Å². The first kappa shape index (κ1) is 3.37. The van der Waals surface area contributed by atoms with Crippen molar-refractivity contribution in [1.82, 2.24) is 4.98 Å². The zero-order valence-corrected chi connectivity index (χ0v) is 6.65. The Balaban J connectivity index is 3.66. The van der Waals surface area contributed by atoms with Gasteiger partial charge in [0, 0.05) is 24.2 Å². The number of aromatic nitrogens is 1. The second-order valence-electron chi connectivity index (χ2n) is 2.35. The fraction of sp³-hybridized carbons (Fsp3) is 0.444. The van der Waals surface area contributed by atoms with E-state index in [-0.39, 0.29) is 5.46 Å². The minimum atomic E-state index is -3.46. The summed E-state index contributed by atoms with van der Waals surface area (Å²) < 4.78 is 67.4. The second-order valence-corrected chi connectivity index (χ2v) is 2.35. The predicted molar refractivity (Wildman–Crippen MR) is 52.8 cm³/mol. The van der Waals surface area contributed by atoms with Crippen LogP contribution in [0, 0.1) is 0 Å². The summed E-state index contributed by atoms with van der Waals surface area (Å²) in [4.78, 5) is 3.58. The van der Waals surface area contributed by atoms with Crippen LogP contribution in [0.25, 0.3) is 0 Å². The molecule has 3 nitrogen and oxygen atoms in total. The third-order valence-corrected chi connectivity index (χ3v) is 1.46. The summed E-state index contributed by atoms with van der Waals surface area (Å²) in [6.45, 7) is -6.77. The summed E-state index contributed by atoms with van der Waals surface area (Å²) in [5, 5.41) is 18.2. The van der Waals surface area contributed by atoms with Crippen molar-refractivity contribution in [3.63, 3.8) is 0 Å². The van der Waals surface area contributed by atoms with Crippen LogP contribution < -0.4 is 5.46 Å². The SMILES string of the molecule is [2H]C([2H])([2H])C([2H])([2H])C([2H])(c1cc(B(O)O)ccn1)C([2H])([2H])[2H]. The summed E-state index contributed by atoms with van der Waals surface area (Å²) in [6.07, 6.45) is -2.51. The van der Waals surface area contributed by atoms with Crippen LogP contribution in [0.4, 0.5) is 0 Å². The quantitative estimate of drug-likeness (QED) is 0.669. The molecule has 0 bridgehead atoms. The van der Waals surface area contributed by atoms with Gasteiger partial charge in [0.1, 0.15) is 0 Å². The van der Waals surface area contributed by atoms with Crippen molar-refractivity contribution in [2.45, 2.75) is 26.0 Å². The highest BCUT2D eigenvalue weighted by Gasteiger charge is 2.13. The van der Waals surface area contributed by atoms with Crippen LogP contribution in [0.3, 0.4) is 0 Å². The first-order valence-corrected chi connectivity index (χ1v) is 3.49. The lowest BCUT2D eigenvalue weighted by molar-refractivity contribution is 0.425. The molecule has 1 heterocycles. The normalized spacial score (nSPS) is 28.3. The molecule has 0 aliphatic carbocycles. The van der Waals surface area contributed by atoms with Crippen molar-refractivity contribution in [2.75, 3.05) is 0 Å². The van der Waals surface area contributed by atoms with E-state index in [1.807, 2.05) is 0 Å². The number of nitrogens with zero attached hydrogens (tertiary/aromatic N) is 1. The van der Waals surface area contributed by atoms with Gasteiger partial charge in [-0.15, -0.1) is 0 Å². The lowest BCUT2D eigenvalue weighted by atomic mass is 9.80. The minimum Gasteiger partial charge on any atom is -0.423 e. The molecule has 0 fully saturated rings. The molecule has 1 aromatic rings. The first-order valence-electron chi connectivity index (χ1n) is 7.99. The molecular weight excluding hydrogens is 165 g/mol. The Morgan fingerprint density at radius 3 is 3.31 bits per heavy atom. The molecule has 1 atom stereocenters. The Kier molecular flexibility index (Phi) is 1.14. The van der Waals surface area contributed by atoms with E-state index in [0.29, 0.717) is 0 Å². The number of hydrogen-bond acceptors (Lipinski definition) is 3. The van der Waals surface area contributed by atoms with E-state index in [1.165, 1.54) is 0 Å². The van der Waals surface area contributed by atoms with Crippen LogP contribution in [0.5, 0.6) is 0 Å². The average molecular weight is 188 g/mol. The fourth-order valence-corrected chi connectivity index (χ4v) is 0.808. The molecule has 1 aromatic heterocycles. The minimum absolute atomic E-state index is 0.229. The van der Waals surface area contributed by atoms with Crippen molar-refractivity contribution < 1.29 is 22.4 Å². The van der Waals surface area contributed by atoms with Gasteiger partial charge in [-0.2, -0.15) is 0 Å². The van der Waals surface area contributed by atoms with E-state index in [1.54, 1.807) is 0 Å². The summed E-state index contributed by atoms with van der Waals surface area (Å²) in [5.74, 6) is -3.23. The summed E-state index contributed by atoms with van der Waals surface area (Å²) >= 11 is 0. The van der Waals surface area contributed by atoms with E-state index in [0.717, 1.165) is 18.3 Å². The van der Waals surface area contributed by atoms with E-state index in [4.69, 9.17) is 22.4 Å². The highest BCUT2D eigenvalue weighted by atomic mass is 16.4. The molecule has 70 valence electrons. The first-order chi connectivity index (χ1) is 9.66. The van der Waals surface area contributed by atoms with Gasteiger partial charge in [-0.3, -0.25) is 4.98 Å². The second kappa shape index (κ2) is 4.39. The molecular formula is C9H14BNO2. The molecule has 0 saturated carbocycles. The highest BCUT2D eigenvalue weighted by Crippen LogP contribution is 2.13. The average Bonchev–Trinajstić information content (AvgIpc) is 2.34. The molecule has 0 amide bonds. The van der Waals surface area contributed by atoms with Crippen LogP contribution in [0.1, 0.15) is 44.0 Å². The smallest absolute Gasteiger partial charge is 0.423 e. The molecule has 0 saturated heterocycles. The largest absolute Gasteiger partial charge is 0.488 e. The molecule has 13 heavy (non-hydrogen) atoms. The maximum atomic E-state index is 9.10. The monoisotopic (exact) mass is 188 g/mol. The van der Waals surface area contributed by atoms with Crippen LogP contribution in [0.2, 0.25) is 0 Å². The van der Waals surface area contributed by atoms with Gasteiger partial charge in [0.25, 0.3) is 0 Å². The van der Waals surface area contributed by atoms with Crippen LogP contribution >= 0.6 is 0 Å². The van der Waals surface area contributed by atoms with Gasteiger partial charge < -0.3 is 10.0 Å². The van der Waals surface area contributed by atoms with E-state index in [9.17, 15) is 0 Å². The molecule has 1 unspecified atom stereocenters. The summed E-state index contributed by atoms with van der Waals surface area (Å²) in [7, 11) is -2.00. The molecule has 2 N–H and O–H groups in total. The van der Waals surface area contributed by atoms with Crippen molar-refractivity contribution in [3.8, 4) is 0 Å². The van der Waals surface area contributed by atoms with Gasteiger partial charge in [-0.1, -0.05) is 13.7 Å². The molecule has 0 aliphatic heterocycles. The van der Waals surface area contributed by atoms with Crippen LogP contribution in [0.15, 0.2) is 18.3 Å². The van der Waals surface area contributed by atoms with E-state index in [2.05, 4.69) is 4.98 Å². The third kappa shape index (κ3) is 2.54. The topological polar surface area (TPSA) is 53.4 Å². The Morgan fingerprint density at radius 1 is 1.85 bits per heavy atom. The lowest BCUT2D eigenvalue weighted by Crippen LogP contribution is -2.30. The predicted octanol–water partition coefficient (Wildman–Crippen LogP) is 0.275. The van der Waals surface area contributed by atoms with Crippen LogP contribution in [-0.4, -0.2) is 22.2 Å².